The summed E-state index contributed by atoms with van der Waals surface area (Å²) in [6.07, 6.45) is 11.1. The Labute approximate surface area is 191 Å². The van der Waals surface area contributed by atoms with Crippen LogP contribution in [0.5, 0.6) is 0 Å². The normalized spacial score (nSPS) is 11.2. The van der Waals surface area contributed by atoms with Crippen molar-refractivity contribution in [3.63, 3.8) is 0 Å². The third kappa shape index (κ3) is 3.99. The van der Waals surface area contributed by atoms with E-state index in [4.69, 9.17) is 16.6 Å². The van der Waals surface area contributed by atoms with Gasteiger partial charge in [-0.25, -0.2) is 4.98 Å². The molecule has 158 valence electrons. The Bertz CT molecular complexity index is 1420. The highest BCUT2D eigenvalue weighted by atomic mass is 35.5. The van der Waals surface area contributed by atoms with Crippen LogP contribution in [0.1, 0.15) is 22.5 Å². The van der Waals surface area contributed by atoms with Gasteiger partial charge in [0.2, 0.25) is 0 Å². The second-order valence-electron chi connectivity index (χ2n) is 7.92. The lowest BCUT2D eigenvalue weighted by atomic mass is 10.0. The van der Waals surface area contributed by atoms with Crippen molar-refractivity contribution >= 4 is 17.2 Å². The van der Waals surface area contributed by atoms with Crippen LogP contribution in [0.2, 0.25) is 5.02 Å². The molecule has 0 amide bonds. The van der Waals surface area contributed by atoms with Gasteiger partial charge in [-0.15, -0.1) is 0 Å². The number of aryl methyl sites for hydroxylation is 4. The fourth-order valence-corrected chi connectivity index (χ4v) is 4.23. The first-order valence-electron chi connectivity index (χ1n) is 10.5. The highest BCUT2D eigenvalue weighted by Crippen LogP contribution is 2.25. The van der Waals surface area contributed by atoms with Crippen LogP contribution in [0.3, 0.4) is 0 Å². The van der Waals surface area contributed by atoms with Crippen LogP contribution < -0.4 is 0 Å². The number of fused-ring (bicyclic) bond motifs is 1. The maximum atomic E-state index is 6.18. The summed E-state index contributed by atoms with van der Waals surface area (Å²) in [6, 6.07) is 14.1. The van der Waals surface area contributed by atoms with Crippen LogP contribution in [0.25, 0.3) is 28.2 Å². The van der Waals surface area contributed by atoms with E-state index < -0.39 is 0 Å². The van der Waals surface area contributed by atoms with Gasteiger partial charge in [-0.3, -0.25) is 19.4 Å². The summed E-state index contributed by atoms with van der Waals surface area (Å²) in [5.41, 5.74) is 9.29. The summed E-state index contributed by atoms with van der Waals surface area (Å²) in [7, 11) is 0. The first-order valence-corrected chi connectivity index (χ1v) is 10.9. The number of aromatic nitrogens is 5. The van der Waals surface area contributed by atoms with E-state index in [1.165, 1.54) is 5.56 Å². The molecular weight excluding hydrogens is 418 g/mol. The monoisotopic (exact) mass is 439 g/mol. The van der Waals surface area contributed by atoms with Gasteiger partial charge in [-0.2, -0.15) is 0 Å². The number of halogens is 1. The smallest absolute Gasteiger partial charge is 0.159 e. The molecule has 0 aliphatic rings. The van der Waals surface area contributed by atoms with Crippen LogP contribution in [0, 0.1) is 13.8 Å². The topological polar surface area (TPSA) is 56.0 Å². The average molecular weight is 440 g/mol. The Morgan fingerprint density at radius 2 is 1.75 bits per heavy atom. The maximum Gasteiger partial charge on any atom is 0.159 e. The zero-order chi connectivity index (χ0) is 22.1. The molecule has 32 heavy (non-hydrogen) atoms. The lowest BCUT2D eigenvalue weighted by molar-refractivity contribution is 0.895. The molecule has 0 bridgehead atoms. The SMILES string of the molecule is Cc1cc(-c2ncc(CCc3nccn4c(-c5cccc(Cl)c5)cnc34)cc2C)ccn1. The van der Waals surface area contributed by atoms with Crippen molar-refractivity contribution in [2.24, 2.45) is 0 Å². The number of nitrogens with zero attached hydrogens (tertiary/aromatic N) is 5. The zero-order valence-electron chi connectivity index (χ0n) is 18.0. The van der Waals surface area contributed by atoms with Gasteiger partial charge in [0.15, 0.2) is 5.65 Å². The van der Waals surface area contributed by atoms with Gasteiger partial charge >= 0.3 is 0 Å². The minimum absolute atomic E-state index is 0.708. The highest BCUT2D eigenvalue weighted by Gasteiger charge is 2.12. The summed E-state index contributed by atoms with van der Waals surface area (Å²) in [6.45, 7) is 4.10. The molecule has 0 radical (unpaired) electrons. The van der Waals surface area contributed by atoms with Crippen molar-refractivity contribution < 1.29 is 0 Å². The fraction of sp³-hybridized carbons (Fsp3) is 0.154. The van der Waals surface area contributed by atoms with E-state index in [-0.39, 0.29) is 0 Å². The van der Waals surface area contributed by atoms with Crippen molar-refractivity contribution in [3.05, 3.63) is 101 Å². The lowest BCUT2D eigenvalue weighted by Gasteiger charge is -2.09. The van der Waals surface area contributed by atoms with Gasteiger partial charge in [-0.1, -0.05) is 29.8 Å². The first kappa shape index (κ1) is 20.3. The number of benzene rings is 1. The summed E-state index contributed by atoms with van der Waals surface area (Å²) in [5, 5.41) is 0.708. The van der Waals surface area contributed by atoms with Crippen LogP contribution >= 0.6 is 11.6 Å². The summed E-state index contributed by atoms with van der Waals surface area (Å²) in [5.74, 6) is 0. The third-order valence-corrected chi connectivity index (χ3v) is 5.81. The van der Waals surface area contributed by atoms with Crippen LogP contribution in [0.4, 0.5) is 0 Å². The Kier molecular flexibility index (Phi) is 5.41. The molecule has 0 aliphatic heterocycles. The lowest BCUT2D eigenvalue weighted by Crippen LogP contribution is -2.01. The second-order valence-corrected chi connectivity index (χ2v) is 8.35. The van der Waals surface area contributed by atoms with Crippen molar-refractivity contribution in [3.8, 4) is 22.5 Å². The van der Waals surface area contributed by atoms with Gasteiger partial charge in [0, 0.05) is 46.6 Å². The van der Waals surface area contributed by atoms with Gasteiger partial charge in [-0.05, 0) is 62.1 Å². The van der Waals surface area contributed by atoms with Crippen LogP contribution in [-0.2, 0) is 12.8 Å². The molecule has 0 unspecified atom stereocenters. The zero-order valence-corrected chi connectivity index (χ0v) is 18.7. The van der Waals surface area contributed by atoms with E-state index in [9.17, 15) is 0 Å². The molecule has 4 heterocycles. The highest BCUT2D eigenvalue weighted by molar-refractivity contribution is 6.30. The molecule has 1 aromatic carbocycles. The van der Waals surface area contributed by atoms with Crippen molar-refractivity contribution in [1.82, 2.24) is 24.3 Å². The maximum absolute atomic E-state index is 6.18. The quantitative estimate of drug-likeness (QED) is 0.341. The number of hydrogen-bond acceptors (Lipinski definition) is 4. The summed E-state index contributed by atoms with van der Waals surface area (Å²) < 4.78 is 2.08. The molecule has 4 aromatic heterocycles. The Morgan fingerprint density at radius 3 is 2.56 bits per heavy atom. The third-order valence-electron chi connectivity index (χ3n) is 5.58. The number of hydrogen-bond donors (Lipinski definition) is 0. The van der Waals surface area contributed by atoms with E-state index in [1.54, 1.807) is 0 Å². The standard InChI is InChI=1S/C26H22ClN5/c1-17-12-19(15-30-25(17)21-8-9-28-18(2)13-21)6-7-23-26-31-16-24(32(26)11-10-29-23)20-4-3-5-22(27)14-20/h3-5,8-16H,6-7H2,1-2H3. The van der Waals surface area contributed by atoms with Crippen molar-refractivity contribution in [2.45, 2.75) is 26.7 Å². The van der Waals surface area contributed by atoms with Crippen LogP contribution in [0.15, 0.2) is 73.4 Å². The van der Waals surface area contributed by atoms with Crippen LogP contribution in [-0.4, -0.2) is 24.3 Å². The molecule has 0 N–H and O–H groups in total. The van der Waals surface area contributed by atoms with E-state index in [0.717, 1.165) is 58.0 Å². The molecule has 5 rings (SSSR count). The first-order chi connectivity index (χ1) is 15.6. The molecule has 0 aliphatic carbocycles. The van der Waals surface area contributed by atoms with Gasteiger partial charge in [0.1, 0.15) is 0 Å². The molecule has 0 fully saturated rings. The summed E-state index contributed by atoms with van der Waals surface area (Å²) in [4.78, 5) is 18.3. The van der Waals surface area contributed by atoms with Crippen molar-refractivity contribution in [1.29, 1.82) is 0 Å². The van der Waals surface area contributed by atoms with E-state index >= 15 is 0 Å². The molecule has 5 nitrogen and oxygen atoms in total. The Morgan fingerprint density at radius 1 is 0.844 bits per heavy atom. The summed E-state index contributed by atoms with van der Waals surface area (Å²) >= 11 is 6.18. The Hall–Kier alpha value is -3.57. The fourth-order valence-electron chi connectivity index (χ4n) is 4.04. The van der Waals surface area contributed by atoms with E-state index in [2.05, 4.69) is 38.4 Å². The van der Waals surface area contributed by atoms with Gasteiger partial charge in [0.25, 0.3) is 0 Å². The molecule has 5 aromatic rings. The molecule has 0 atom stereocenters. The number of imidazole rings is 1. The molecule has 6 heteroatoms. The predicted molar refractivity (Wildman–Crippen MR) is 128 cm³/mol. The van der Waals surface area contributed by atoms with Gasteiger partial charge < -0.3 is 0 Å². The largest absolute Gasteiger partial charge is 0.297 e. The van der Waals surface area contributed by atoms with E-state index in [1.807, 2.05) is 68.2 Å². The number of rotatable bonds is 5. The molecule has 0 saturated carbocycles. The van der Waals surface area contributed by atoms with E-state index in [0.29, 0.717) is 5.02 Å². The average Bonchev–Trinajstić information content (AvgIpc) is 3.22. The predicted octanol–water partition coefficient (Wildman–Crippen LogP) is 5.91. The van der Waals surface area contributed by atoms with Crippen molar-refractivity contribution in [2.75, 3.05) is 0 Å². The number of pyridine rings is 2. The molecule has 0 spiro atoms. The molecule has 0 saturated heterocycles. The molecular formula is C26H22ClN5. The minimum Gasteiger partial charge on any atom is -0.297 e. The van der Waals surface area contributed by atoms with Gasteiger partial charge in [0.05, 0.1) is 23.3 Å². The Balaban J connectivity index is 1.39. The minimum atomic E-state index is 0.708. The second kappa shape index (κ2) is 8.52.